The normalized spacial score (nSPS) is 15.1. The van der Waals surface area contributed by atoms with Gasteiger partial charge in [0.25, 0.3) is 0 Å². The summed E-state index contributed by atoms with van der Waals surface area (Å²) in [7, 11) is 2.08. The van der Waals surface area contributed by atoms with Crippen LogP contribution in [0.3, 0.4) is 0 Å². The van der Waals surface area contributed by atoms with Gasteiger partial charge in [0.1, 0.15) is 0 Å². The van der Waals surface area contributed by atoms with E-state index in [-0.39, 0.29) is 0 Å². The second-order valence-electron chi connectivity index (χ2n) is 8.32. The fourth-order valence-corrected chi connectivity index (χ4v) is 4.74. The lowest BCUT2D eigenvalue weighted by molar-refractivity contribution is 0.453. The topological polar surface area (TPSA) is 71.7 Å². The average molecular weight is 392 g/mol. The van der Waals surface area contributed by atoms with Crippen molar-refractivity contribution >= 4 is 22.3 Å². The smallest absolute Gasteiger partial charge is 0.153 e. The summed E-state index contributed by atoms with van der Waals surface area (Å²) >= 11 is 0. The van der Waals surface area contributed by atoms with Crippen LogP contribution in [0.2, 0.25) is 0 Å². The fraction of sp³-hybridized carbons (Fsp3) is 0.458. The molecule has 0 spiro atoms. The number of nitrogens with two attached hydrogens (primary N) is 1. The van der Waals surface area contributed by atoms with Crippen molar-refractivity contribution in [1.82, 2.24) is 20.1 Å². The van der Waals surface area contributed by atoms with Crippen LogP contribution in [0.5, 0.6) is 0 Å². The summed E-state index contributed by atoms with van der Waals surface area (Å²) in [5.41, 5.74) is 13.6. The van der Waals surface area contributed by atoms with E-state index in [1.54, 1.807) is 0 Å². The molecule has 5 heteroatoms. The van der Waals surface area contributed by atoms with Gasteiger partial charge in [0, 0.05) is 40.9 Å². The highest BCUT2D eigenvalue weighted by molar-refractivity contribution is 5.92. The van der Waals surface area contributed by atoms with Crippen LogP contribution < -0.4 is 11.1 Å². The summed E-state index contributed by atoms with van der Waals surface area (Å²) in [6.45, 7) is 5.53. The van der Waals surface area contributed by atoms with E-state index in [1.165, 1.54) is 53.3 Å². The van der Waals surface area contributed by atoms with E-state index in [1.807, 2.05) is 0 Å². The van der Waals surface area contributed by atoms with Gasteiger partial charge >= 0.3 is 0 Å². The van der Waals surface area contributed by atoms with Gasteiger partial charge in [0.2, 0.25) is 0 Å². The van der Waals surface area contributed by atoms with Crippen LogP contribution in [-0.4, -0.2) is 27.9 Å². The lowest BCUT2D eigenvalue weighted by Crippen LogP contribution is -2.25. The number of H-pyrrole nitrogens is 1. The first-order valence-electron chi connectivity index (χ1n) is 10.9. The second kappa shape index (κ2) is 8.46. The number of hydrogen-bond donors (Lipinski definition) is 3. The van der Waals surface area contributed by atoms with Crippen LogP contribution in [0.4, 0.5) is 5.82 Å². The van der Waals surface area contributed by atoms with E-state index in [4.69, 9.17) is 5.73 Å². The third-order valence-corrected chi connectivity index (χ3v) is 6.35. The first-order valence-corrected chi connectivity index (χ1v) is 10.9. The van der Waals surface area contributed by atoms with Crippen molar-refractivity contribution in [3.8, 4) is 0 Å². The predicted octanol–water partition coefficient (Wildman–Crippen LogP) is 4.88. The van der Waals surface area contributed by atoms with E-state index in [0.717, 1.165) is 30.6 Å². The van der Waals surface area contributed by atoms with Gasteiger partial charge in [-0.3, -0.25) is 5.10 Å². The first-order chi connectivity index (χ1) is 14.1. The minimum absolute atomic E-state index is 0.609. The quantitative estimate of drug-likeness (QED) is 0.512. The maximum atomic E-state index is 6.19. The summed E-state index contributed by atoms with van der Waals surface area (Å²) in [6, 6.07) is 9.67. The molecule has 0 amide bonds. The van der Waals surface area contributed by atoms with Crippen LogP contribution in [0.1, 0.15) is 62.8 Å². The Balaban J connectivity index is 1.57. The summed E-state index contributed by atoms with van der Waals surface area (Å²) < 4.78 is 2.39. The molecule has 0 saturated heterocycles. The number of anilines is 1. The molecule has 29 heavy (non-hydrogen) atoms. The van der Waals surface area contributed by atoms with E-state index in [0.29, 0.717) is 11.9 Å². The number of hydrogen-bond acceptors (Lipinski definition) is 3. The highest BCUT2D eigenvalue weighted by Crippen LogP contribution is 2.38. The van der Waals surface area contributed by atoms with Gasteiger partial charge in [-0.2, -0.15) is 5.10 Å². The van der Waals surface area contributed by atoms with Crippen LogP contribution in [0.15, 0.2) is 36.0 Å². The minimum atomic E-state index is 0.609. The number of aromatic amines is 1. The average Bonchev–Trinajstić information content (AvgIpc) is 3.30. The molecular formula is C24H33N5. The number of nitrogens with one attached hydrogen (secondary N) is 2. The van der Waals surface area contributed by atoms with Crippen molar-refractivity contribution < 1.29 is 0 Å². The highest BCUT2D eigenvalue weighted by Gasteiger charge is 2.23. The summed E-state index contributed by atoms with van der Waals surface area (Å²) in [5, 5.41) is 12.1. The maximum Gasteiger partial charge on any atom is 0.153 e. The number of allylic oxidation sites excluding steroid dienone is 1. The Labute approximate surface area is 173 Å². The molecule has 1 aromatic carbocycles. The molecule has 4 rings (SSSR count). The molecule has 1 unspecified atom stereocenters. The molecule has 1 aliphatic carbocycles. The molecule has 0 radical (unpaired) electrons. The molecular weight excluding hydrogens is 358 g/mol. The standard InChI is InChI=1S/C24H33N5/c1-4-6-19(26-3)7-5-13-29-14-12-17-15-18(9-11-21(17)29)22-16(2)8-10-20-23(22)24(25)28-27-20/h9,11-12,14-15,19,26H,4-8,10,13H2,1-3H3,(H3,25,27,28). The molecule has 1 aliphatic rings. The van der Waals surface area contributed by atoms with Gasteiger partial charge in [-0.05, 0) is 75.4 Å². The molecule has 2 heterocycles. The predicted molar refractivity (Wildman–Crippen MR) is 122 cm³/mol. The van der Waals surface area contributed by atoms with E-state index in [2.05, 4.69) is 71.4 Å². The molecule has 0 bridgehead atoms. The van der Waals surface area contributed by atoms with Crippen LogP contribution in [-0.2, 0) is 13.0 Å². The van der Waals surface area contributed by atoms with Crippen molar-refractivity contribution in [1.29, 1.82) is 0 Å². The van der Waals surface area contributed by atoms with Crippen LogP contribution in [0.25, 0.3) is 16.5 Å². The third-order valence-electron chi connectivity index (χ3n) is 6.35. The molecule has 4 N–H and O–H groups in total. The van der Waals surface area contributed by atoms with Crippen molar-refractivity contribution in [2.75, 3.05) is 12.8 Å². The Bertz CT molecular complexity index is 1020. The Morgan fingerprint density at radius 3 is 2.90 bits per heavy atom. The van der Waals surface area contributed by atoms with Crippen LogP contribution >= 0.6 is 0 Å². The Kier molecular flexibility index (Phi) is 5.76. The van der Waals surface area contributed by atoms with Crippen molar-refractivity contribution in [2.24, 2.45) is 0 Å². The number of nitrogen functional groups attached to an aromatic ring is 1. The molecule has 0 saturated carbocycles. The van der Waals surface area contributed by atoms with E-state index >= 15 is 0 Å². The monoisotopic (exact) mass is 391 g/mol. The zero-order valence-corrected chi connectivity index (χ0v) is 17.9. The van der Waals surface area contributed by atoms with E-state index in [9.17, 15) is 0 Å². The zero-order valence-electron chi connectivity index (χ0n) is 17.9. The maximum absolute atomic E-state index is 6.19. The summed E-state index contributed by atoms with van der Waals surface area (Å²) in [5.74, 6) is 0.609. The van der Waals surface area contributed by atoms with Crippen molar-refractivity contribution in [2.45, 2.75) is 65.0 Å². The number of benzene rings is 1. The Morgan fingerprint density at radius 2 is 2.10 bits per heavy atom. The molecule has 2 aromatic heterocycles. The molecule has 5 nitrogen and oxygen atoms in total. The third kappa shape index (κ3) is 3.84. The number of nitrogens with zero attached hydrogens (tertiary/aromatic N) is 2. The number of aryl methyl sites for hydroxylation is 2. The zero-order chi connectivity index (χ0) is 20.4. The lowest BCUT2D eigenvalue weighted by Gasteiger charge is -2.19. The fourth-order valence-electron chi connectivity index (χ4n) is 4.74. The first kappa shape index (κ1) is 19.8. The second-order valence-corrected chi connectivity index (χ2v) is 8.32. The van der Waals surface area contributed by atoms with Crippen LogP contribution in [0, 0.1) is 0 Å². The number of rotatable bonds is 8. The Hall–Kier alpha value is -2.53. The largest absolute Gasteiger partial charge is 0.382 e. The van der Waals surface area contributed by atoms with E-state index < -0.39 is 0 Å². The minimum Gasteiger partial charge on any atom is -0.382 e. The number of aromatic nitrogens is 3. The van der Waals surface area contributed by atoms with Gasteiger partial charge in [-0.25, -0.2) is 0 Å². The SMILES string of the molecule is CCCC(CCCn1ccc2cc(C3=C(C)CCc4[nH]nc(N)c43)ccc21)NC. The highest BCUT2D eigenvalue weighted by atomic mass is 15.2. The molecule has 0 aliphatic heterocycles. The van der Waals surface area contributed by atoms with Crippen molar-refractivity contribution in [3.63, 3.8) is 0 Å². The van der Waals surface area contributed by atoms with Gasteiger partial charge in [-0.15, -0.1) is 0 Å². The summed E-state index contributed by atoms with van der Waals surface area (Å²) in [4.78, 5) is 0. The van der Waals surface area contributed by atoms with Gasteiger partial charge in [0.15, 0.2) is 5.82 Å². The van der Waals surface area contributed by atoms with Crippen molar-refractivity contribution in [3.05, 3.63) is 52.9 Å². The molecule has 3 aromatic rings. The van der Waals surface area contributed by atoms with Gasteiger partial charge in [-0.1, -0.05) is 25.0 Å². The number of fused-ring (bicyclic) bond motifs is 2. The van der Waals surface area contributed by atoms with Gasteiger partial charge in [0.05, 0.1) is 0 Å². The Morgan fingerprint density at radius 1 is 1.24 bits per heavy atom. The molecule has 154 valence electrons. The molecule has 0 fully saturated rings. The lowest BCUT2D eigenvalue weighted by atomic mass is 9.85. The van der Waals surface area contributed by atoms with Gasteiger partial charge < -0.3 is 15.6 Å². The summed E-state index contributed by atoms with van der Waals surface area (Å²) in [6.07, 6.45) is 9.15. The molecule has 1 atom stereocenters.